The molecule has 0 spiro atoms. The molecule has 96 valence electrons. The lowest BCUT2D eigenvalue weighted by Gasteiger charge is -2.17. The molecule has 1 aliphatic carbocycles. The van der Waals surface area contributed by atoms with E-state index in [2.05, 4.69) is 24.3 Å². The van der Waals surface area contributed by atoms with Crippen LogP contribution in [0, 0.1) is 5.92 Å². The number of hydrogen-bond donors (Lipinski definition) is 0. The number of hydrogen-bond acceptors (Lipinski definition) is 2. The van der Waals surface area contributed by atoms with E-state index < -0.39 is 0 Å². The first-order valence-corrected chi connectivity index (χ1v) is 6.97. The minimum Gasteiger partial charge on any atom is -0.454 e. The molecular weight excluding hydrogens is 224 g/mol. The second kappa shape index (κ2) is 5.47. The summed E-state index contributed by atoms with van der Waals surface area (Å²) in [6, 6.07) is 6.22. The van der Waals surface area contributed by atoms with Crippen LogP contribution in [-0.4, -0.2) is 6.79 Å². The molecule has 1 saturated carbocycles. The van der Waals surface area contributed by atoms with Gasteiger partial charge in [-0.15, -0.1) is 0 Å². The normalized spacial score (nSPS) is 19.6. The summed E-state index contributed by atoms with van der Waals surface area (Å²) in [5.41, 5.74) is 1.30. The van der Waals surface area contributed by atoms with Gasteiger partial charge < -0.3 is 9.47 Å². The molecular formula is C16H20O2. The molecule has 2 heteroatoms. The largest absolute Gasteiger partial charge is 0.454 e. The maximum absolute atomic E-state index is 5.39. The van der Waals surface area contributed by atoms with Crippen LogP contribution in [0.5, 0.6) is 11.5 Å². The Morgan fingerprint density at radius 3 is 2.78 bits per heavy atom. The molecule has 0 aromatic heterocycles. The third-order valence-electron chi connectivity index (χ3n) is 3.85. The van der Waals surface area contributed by atoms with E-state index in [0.29, 0.717) is 6.79 Å². The second-order valence-electron chi connectivity index (χ2n) is 5.22. The first kappa shape index (κ1) is 11.6. The molecule has 1 heterocycles. The maximum atomic E-state index is 5.39. The second-order valence-corrected chi connectivity index (χ2v) is 5.22. The number of benzene rings is 1. The summed E-state index contributed by atoms with van der Waals surface area (Å²) in [6.07, 6.45) is 12.7. The van der Waals surface area contributed by atoms with Crippen molar-refractivity contribution in [1.29, 1.82) is 0 Å². The summed E-state index contributed by atoms with van der Waals surface area (Å²) in [5.74, 6) is 2.57. The standard InChI is InChI=1S/C16H20O2/c1-2-5-13(6-3-1)7-4-8-14-9-10-15-16(11-14)18-12-17-15/h4,7,9-11,13H,1-3,5-6,8,12H2/b7-4+. The van der Waals surface area contributed by atoms with Crippen molar-refractivity contribution in [3.8, 4) is 11.5 Å². The lowest BCUT2D eigenvalue weighted by atomic mass is 9.89. The highest BCUT2D eigenvalue weighted by Crippen LogP contribution is 2.32. The number of ether oxygens (including phenoxy) is 2. The molecule has 0 radical (unpaired) electrons. The van der Waals surface area contributed by atoms with Crippen LogP contribution in [0.3, 0.4) is 0 Å². The monoisotopic (exact) mass is 244 g/mol. The summed E-state index contributed by atoms with van der Waals surface area (Å²) in [6.45, 7) is 0.358. The molecule has 1 fully saturated rings. The Balaban J connectivity index is 1.57. The Labute approximate surface area is 109 Å². The van der Waals surface area contributed by atoms with E-state index in [1.807, 2.05) is 6.07 Å². The van der Waals surface area contributed by atoms with Crippen molar-refractivity contribution < 1.29 is 9.47 Å². The summed E-state index contributed by atoms with van der Waals surface area (Å²) in [5, 5.41) is 0. The van der Waals surface area contributed by atoms with Gasteiger partial charge in [0.15, 0.2) is 11.5 Å². The van der Waals surface area contributed by atoms with Crippen LogP contribution in [0.25, 0.3) is 0 Å². The van der Waals surface area contributed by atoms with Gasteiger partial charge in [-0.25, -0.2) is 0 Å². The van der Waals surface area contributed by atoms with E-state index in [9.17, 15) is 0 Å². The minimum atomic E-state index is 0.358. The van der Waals surface area contributed by atoms with Crippen molar-refractivity contribution in [2.24, 2.45) is 5.92 Å². The zero-order valence-corrected chi connectivity index (χ0v) is 10.7. The van der Waals surface area contributed by atoms with Gasteiger partial charge in [0.1, 0.15) is 0 Å². The lowest BCUT2D eigenvalue weighted by Crippen LogP contribution is -2.02. The van der Waals surface area contributed by atoms with Crippen molar-refractivity contribution in [2.45, 2.75) is 38.5 Å². The van der Waals surface area contributed by atoms with Gasteiger partial charge in [0, 0.05) is 0 Å². The summed E-state index contributed by atoms with van der Waals surface area (Å²) in [7, 11) is 0. The van der Waals surface area contributed by atoms with Crippen molar-refractivity contribution in [3.05, 3.63) is 35.9 Å². The van der Waals surface area contributed by atoms with Crippen LogP contribution in [0.15, 0.2) is 30.4 Å². The molecule has 0 bridgehead atoms. The zero-order valence-electron chi connectivity index (χ0n) is 10.7. The lowest BCUT2D eigenvalue weighted by molar-refractivity contribution is 0.174. The van der Waals surface area contributed by atoms with Crippen LogP contribution in [0.2, 0.25) is 0 Å². The highest BCUT2D eigenvalue weighted by molar-refractivity contribution is 5.44. The van der Waals surface area contributed by atoms with Crippen LogP contribution in [0.4, 0.5) is 0 Å². The van der Waals surface area contributed by atoms with Crippen LogP contribution < -0.4 is 9.47 Å². The average Bonchev–Trinajstić information content (AvgIpc) is 2.87. The molecule has 2 aliphatic rings. The molecule has 0 saturated heterocycles. The summed E-state index contributed by atoms with van der Waals surface area (Å²) < 4.78 is 10.7. The smallest absolute Gasteiger partial charge is 0.231 e. The number of fused-ring (bicyclic) bond motifs is 1. The molecule has 2 nitrogen and oxygen atoms in total. The van der Waals surface area contributed by atoms with Crippen LogP contribution in [-0.2, 0) is 6.42 Å². The molecule has 0 atom stereocenters. The third kappa shape index (κ3) is 2.69. The van der Waals surface area contributed by atoms with E-state index in [0.717, 1.165) is 23.8 Å². The van der Waals surface area contributed by atoms with Crippen molar-refractivity contribution in [3.63, 3.8) is 0 Å². The average molecular weight is 244 g/mol. The fraction of sp³-hybridized carbons (Fsp3) is 0.500. The van der Waals surface area contributed by atoms with E-state index >= 15 is 0 Å². The van der Waals surface area contributed by atoms with Gasteiger partial charge in [-0.05, 0) is 42.9 Å². The van der Waals surface area contributed by atoms with Gasteiger partial charge in [-0.1, -0.05) is 37.5 Å². The van der Waals surface area contributed by atoms with Gasteiger partial charge in [-0.3, -0.25) is 0 Å². The fourth-order valence-corrected chi connectivity index (χ4v) is 2.79. The van der Waals surface area contributed by atoms with E-state index in [4.69, 9.17) is 9.47 Å². The van der Waals surface area contributed by atoms with Gasteiger partial charge in [0.25, 0.3) is 0 Å². The van der Waals surface area contributed by atoms with Crippen LogP contribution >= 0.6 is 0 Å². The Morgan fingerprint density at radius 1 is 1.06 bits per heavy atom. The Bertz CT molecular complexity index is 431. The predicted molar refractivity (Wildman–Crippen MR) is 72.0 cm³/mol. The third-order valence-corrected chi connectivity index (χ3v) is 3.85. The van der Waals surface area contributed by atoms with Gasteiger partial charge >= 0.3 is 0 Å². The number of allylic oxidation sites excluding steroid dienone is 2. The van der Waals surface area contributed by atoms with E-state index in [1.165, 1.54) is 37.7 Å². The summed E-state index contributed by atoms with van der Waals surface area (Å²) in [4.78, 5) is 0. The molecule has 0 N–H and O–H groups in total. The molecule has 18 heavy (non-hydrogen) atoms. The van der Waals surface area contributed by atoms with E-state index in [-0.39, 0.29) is 0 Å². The first-order valence-electron chi connectivity index (χ1n) is 6.97. The topological polar surface area (TPSA) is 18.5 Å². The van der Waals surface area contributed by atoms with Crippen molar-refractivity contribution >= 4 is 0 Å². The maximum Gasteiger partial charge on any atom is 0.231 e. The zero-order chi connectivity index (χ0) is 12.2. The van der Waals surface area contributed by atoms with Gasteiger partial charge in [0.05, 0.1) is 0 Å². The summed E-state index contributed by atoms with van der Waals surface area (Å²) >= 11 is 0. The highest BCUT2D eigenvalue weighted by Gasteiger charge is 2.13. The van der Waals surface area contributed by atoms with E-state index in [1.54, 1.807) is 0 Å². The Hall–Kier alpha value is -1.44. The van der Waals surface area contributed by atoms with Gasteiger partial charge in [0.2, 0.25) is 6.79 Å². The molecule has 1 aromatic rings. The quantitative estimate of drug-likeness (QED) is 0.745. The Morgan fingerprint density at radius 2 is 1.89 bits per heavy atom. The van der Waals surface area contributed by atoms with Crippen molar-refractivity contribution in [2.75, 3.05) is 6.79 Å². The Kier molecular flexibility index (Phi) is 3.54. The predicted octanol–water partition coefficient (Wildman–Crippen LogP) is 4.09. The van der Waals surface area contributed by atoms with Gasteiger partial charge in [-0.2, -0.15) is 0 Å². The molecule has 0 unspecified atom stereocenters. The van der Waals surface area contributed by atoms with Crippen molar-refractivity contribution in [1.82, 2.24) is 0 Å². The van der Waals surface area contributed by atoms with Crippen LogP contribution in [0.1, 0.15) is 37.7 Å². The highest BCUT2D eigenvalue weighted by atomic mass is 16.7. The minimum absolute atomic E-state index is 0.358. The molecule has 0 amide bonds. The molecule has 1 aliphatic heterocycles. The first-order chi connectivity index (χ1) is 8.92. The fourth-order valence-electron chi connectivity index (χ4n) is 2.79. The number of rotatable bonds is 3. The molecule has 3 rings (SSSR count). The molecule has 1 aromatic carbocycles. The SMILES string of the molecule is C(=C\C1CCCCC1)/Cc1ccc2c(c1)OCO2.